The first-order valence-corrected chi connectivity index (χ1v) is 7.10. The van der Waals surface area contributed by atoms with E-state index in [1.54, 1.807) is 6.20 Å². The Morgan fingerprint density at radius 2 is 2.21 bits per heavy atom. The van der Waals surface area contributed by atoms with Gasteiger partial charge in [0.15, 0.2) is 0 Å². The lowest BCUT2D eigenvalue weighted by Gasteiger charge is -2.43. The van der Waals surface area contributed by atoms with Gasteiger partial charge in [0.05, 0.1) is 10.9 Å². The average Bonchev–Trinajstić information content (AvgIpc) is 2.34. The van der Waals surface area contributed by atoms with Crippen molar-refractivity contribution in [2.24, 2.45) is 5.92 Å². The van der Waals surface area contributed by atoms with Crippen LogP contribution in [0.25, 0.3) is 10.9 Å². The number of halogens is 1. The van der Waals surface area contributed by atoms with E-state index in [1.165, 1.54) is 0 Å². The van der Waals surface area contributed by atoms with E-state index in [4.69, 9.17) is 0 Å². The van der Waals surface area contributed by atoms with Gasteiger partial charge in [-0.1, -0.05) is 13.0 Å². The maximum absolute atomic E-state index is 11.7. The number of nitrogens with zero attached hydrogens (tertiary/aromatic N) is 1. The van der Waals surface area contributed by atoms with Gasteiger partial charge in [0.2, 0.25) is 0 Å². The van der Waals surface area contributed by atoms with Crippen LogP contribution >= 0.6 is 15.9 Å². The summed E-state index contributed by atoms with van der Waals surface area (Å²) in [5, 5.41) is 10.6. The molecule has 2 aromatic rings. The molecule has 0 saturated heterocycles. The molecule has 98 valence electrons. The number of aromatic nitrogens is 1. The Kier molecular flexibility index (Phi) is 2.86. The van der Waals surface area contributed by atoms with Crippen LogP contribution in [0.1, 0.15) is 25.3 Å². The lowest BCUT2D eigenvalue weighted by Crippen LogP contribution is -2.46. The summed E-state index contributed by atoms with van der Waals surface area (Å²) in [6.07, 6.45) is 3.16. The Labute approximate surface area is 119 Å². The highest BCUT2D eigenvalue weighted by Crippen LogP contribution is 2.49. The topological polar surface area (TPSA) is 50.2 Å². The molecule has 0 amide bonds. The maximum atomic E-state index is 11.7. The number of fused-ring (bicyclic) bond motifs is 1. The first-order valence-electron chi connectivity index (χ1n) is 6.31. The van der Waals surface area contributed by atoms with Crippen LogP contribution < -0.4 is 0 Å². The minimum absolute atomic E-state index is 0.472. The highest BCUT2D eigenvalue weighted by Gasteiger charge is 2.50. The molecule has 4 heteroatoms. The Morgan fingerprint density at radius 3 is 2.84 bits per heavy atom. The lowest BCUT2D eigenvalue weighted by molar-refractivity contribution is -0.149. The van der Waals surface area contributed by atoms with Crippen molar-refractivity contribution in [2.45, 2.75) is 25.2 Å². The molecule has 1 saturated carbocycles. The number of carboxylic acid groups (broad SMARTS) is 1. The van der Waals surface area contributed by atoms with Crippen LogP contribution in [0.4, 0.5) is 0 Å². The Hall–Kier alpha value is -1.42. The van der Waals surface area contributed by atoms with Gasteiger partial charge < -0.3 is 5.11 Å². The fraction of sp³-hybridized carbons (Fsp3) is 0.333. The van der Waals surface area contributed by atoms with Crippen LogP contribution in [-0.2, 0) is 10.2 Å². The molecule has 0 radical (unpaired) electrons. The van der Waals surface area contributed by atoms with Gasteiger partial charge in [-0.05, 0) is 58.5 Å². The molecule has 1 aromatic carbocycles. The Morgan fingerprint density at radius 1 is 1.47 bits per heavy atom. The van der Waals surface area contributed by atoms with E-state index in [0.717, 1.165) is 20.9 Å². The lowest BCUT2D eigenvalue weighted by atomic mass is 9.59. The summed E-state index contributed by atoms with van der Waals surface area (Å²) in [4.78, 5) is 16.0. The van der Waals surface area contributed by atoms with E-state index in [1.807, 2.05) is 24.3 Å². The van der Waals surface area contributed by atoms with Crippen molar-refractivity contribution in [2.75, 3.05) is 0 Å². The van der Waals surface area contributed by atoms with Crippen molar-refractivity contribution in [1.82, 2.24) is 4.98 Å². The number of carbonyl (C=O) groups is 1. The average molecular weight is 320 g/mol. The molecule has 0 aliphatic heterocycles. The molecule has 3 nitrogen and oxygen atoms in total. The van der Waals surface area contributed by atoms with Crippen molar-refractivity contribution in [3.8, 4) is 0 Å². The highest BCUT2D eigenvalue weighted by molar-refractivity contribution is 9.10. The van der Waals surface area contributed by atoms with Gasteiger partial charge in [-0.15, -0.1) is 0 Å². The Balaban J connectivity index is 2.18. The molecule has 1 aliphatic rings. The molecule has 0 atom stereocenters. The zero-order valence-electron chi connectivity index (χ0n) is 10.6. The van der Waals surface area contributed by atoms with E-state index < -0.39 is 11.4 Å². The predicted octanol–water partition coefficient (Wildman–Crippen LogP) is 3.75. The first kappa shape index (κ1) is 12.6. The van der Waals surface area contributed by atoms with Crippen molar-refractivity contribution in [3.05, 3.63) is 40.5 Å². The van der Waals surface area contributed by atoms with Gasteiger partial charge >= 0.3 is 5.97 Å². The summed E-state index contributed by atoms with van der Waals surface area (Å²) >= 11 is 3.50. The van der Waals surface area contributed by atoms with Gasteiger partial charge in [-0.25, -0.2) is 0 Å². The number of benzene rings is 1. The molecule has 19 heavy (non-hydrogen) atoms. The van der Waals surface area contributed by atoms with E-state index in [-0.39, 0.29) is 0 Å². The molecule has 1 aliphatic carbocycles. The SMILES string of the molecule is CC1CC(C(=O)O)(c2cc(Br)c3ncccc3c2)C1. The smallest absolute Gasteiger partial charge is 0.314 e. The molecule has 0 spiro atoms. The molecule has 3 rings (SSSR count). The second kappa shape index (κ2) is 4.30. The summed E-state index contributed by atoms with van der Waals surface area (Å²) in [6, 6.07) is 7.71. The molecule has 1 N–H and O–H groups in total. The Bertz CT molecular complexity index is 662. The molecule has 1 aromatic heterocycles. The van der Waals surface area contributed by atoms with Crippen LogP contribution in [0.3, 0.4) is 0 Å². The summed E-state index contributed by atoms with van der Waals surface area (Å²) < 4.78 is 0.862. The van der Waals surface area contributed by atoms with Crippen LogP contribution in [-0.4, -0.2) is 16.1 Å². The molecule has 0 bridgehead atoms. The summed E-state index contributed by atoms with van der Waals surface area (Å²) in [5.41, 5.74) is 1.04. The second-order valence-corrected chi connectivity index (χ2v) is 6.29. The maximum Gasteiger partial charge on any atom is 0.314 e. The van der Waals surface area contributed by atoms with Gasteiger partial charge in [0, 0.05) is 16.1 Å². The minimum atomic E-state index is -0.722. The largest absolute Gasteiger partial charge is 0.481 e. The summed E-state index contributed by atoms with van der Waals surface area (Å²) in [6.45, 7) is 2.10. The number of rotatable bonds is 2. The van der Waals surface area contributed by atoms with E-state index in [2.05, 4.69) is 27.8 Å². The van der Waals surface area contributed by atoms with Gasteiger partial charge in [0.1, 0.15) is 0 Å². The van der Waals surface area contributed by atoms with E-state index >= 15 is 0 Å². The number of carboxylic acids is 1. The minimum Gasteiger partial charge on any atom is -0.481 e. The predicted molar refractivity (Wildman–Crippen MR) is 77.2 cm³/mol. The number of aliphatic carboxylic acids is 1. The van der Waals surface area contributed by atoms with E-state index in [0.29, 0.717) is 18.8 Å². The van der Waals surface area contributed by atoms with Crippen LogP contribution in [0.15, 0.2) is 34.9 Å². The monoisotopic (exact) mass is 319 g/mol. The van der Waals surface area contributed by atoms with Crippen LogP contribution in [0.2, 0.25) is 0 Å². The van der Waals surface area contributed by atoms with Gasteiger partial charge in [-0.3, -0.25) is 9.78 Å². The van der Waals surface area contributed by atoms with Gasteiger partial charge in [-0.2, -0.15) is 0 Å². The molecular formula is C15H14BrNO2. The summed E-state index contributed by atoms with van der Waals surface area (Å²) in [5.74, 6) is -0.250. The zero-order chi connectivity index (χ0) is 13.6. The van der Waals surface area contributed by atoms with Crippen molar-refractivity contribution >= 4 is 32.8 Å². The molecule has 1 heterocycles. The van der Waals surface area contributed by atoms with Gasteiger partial charge in [0.25, 0.3) is 0 Å². The number of hydrogen-bond donors (Lipinski definition) is 1. The first-order chi connectivity index (χ1) is 9.03. The normalized spacial score (nSPS) is 26.1. The number of hydrogen-bond acceptors (Lipinski definition) is 2. The summed E-state index contributed by atoms with van der Waals surface area (Å²) in [7, 11) is 0. The standard InChI is InChI=1S/C15H14BrNO2/c1-9-7-15(8-9,14(18)19)11-5-10-3-2-4-17-13(10)12(16)6-11/h2-6,9H,7-8H2,1H3,(H,18,19). The third-order valence-corrected chi connectivity index (χ3v) is 4.62. The quantitative estimate of drug-likeness (QED) is 0.917. The number of pyridine rings is 1. The third kappa shape index (κ3) is 1.86. The van der Waals surface area contributed by atoms with Crippen LogP contribution in [0, 0.1) is 5.92 Å². The fourth-order valence-electron chi connectivity index (χ4n) is 3.09. The molecular weight excluding hydrogens is 306 g/mol. The van der Waals surface area contributed by atoms with Crippen molar-refractivity contribution in [3.63, 3.8) is 0 Å². The van der Waals surface area contributed by atoms with Crippen LogP contribution in [0.5, 0.6) is 0 Å². The van der Waals surface area contributed by atoms with Crippen molar-refractivity contribution in [1.29, 1.82) is 0 Å². The van der Waals surface area contributed by atoms with Crippen molar-refractivity contribution < 1.29 is 9.90 Å². The zero-order valence-corrected chi connectivity index (χ0v) is 12.1. The molecule has 0 unspecified atom stereocenters. The third-order valence-electron chi connectivity index (χ3n) is 4.01. The van der Waals surface area contributed by atoms with E-state index in [9.17, 15) is 9.90 Å². The molecule has 1 fully saturated rings. The second-order valence-electron chi connectivity index (χ2n) is 5.43. The fourth-order valence-corrected chi connectivity index (χ4v) is 3.67. The highest BCUT2D eigenvalue weighted by atomic mass is 79.9.